The van der Waals surface area contributed by atoms with Crippen LogP contribution in [0.5, 0.6) is 0 Å². The standard InChI is InChI=1S/C16H26N2O4S2/c1-7-22-15(20)12-9-23-14(17-12)13(19)8-11(10(2)3)18-24(21)16(4,5)6/h9-10,13,19H,7-8H2,1-6H3/b18-11+/t13-,24+/m1/s1. The Morgan fingerprint density at radius 2 is 2.12 bits per heavy atom. The fraction of sp³-hybridized carbons (Fsp3) is 0.688. The largest absolute Gasteiger partial charge is 0.591 e. The van der Waals surface area contributed by atoms with Crippen LogP contribution in [0.15, 0.2) is 9.78 Å². The molecule has 1 rings (SSSR count). The summed E-state index contributed by atoms with van der Waals surface area (Å²) in [5, 5.41) is 12.4. The summed E-state index contributed by atoms with van der Waals surface area (Å²) < 4.78 is 21.0. The van der Waals surface area contributed by atoms with Gasteiger partial charge in [-0.2, -0.15) is 0 Å². The van der Waals surface area contributed by atoms with Crippen LogP contribution in [0.25, 0.3) is 0 Å². The second-order valence-electron chi connectivity index (χ2n) is 6.61. The Hall–Kier alpha value is -0.960. The predicted octanol–water partition coefficient (Wildman–Crippen LogP) is 3.30. The summed E-state index contributed by atoms with van der Waals surface area (Å²) in [5.74, 6) is -0.450. The molecule has 1 N–H and O–H groups in total. The molecule has 0 aliphatic rings. The van der Waals surface area contributed by atoms with E-state index >= 15 is 0 Å². The number of carbonyl (C=O) groups is 1. The number of ether oxygens (including phenoxy) is 1. The molecular formula is C16H26N2O4S2. The Morgan fingerprint density at radius 1 is 1.50 bits per heavy atom. The van der Waals surface area contributed by atoms with E-state index in [0.717, 1.165) is 0 Å². The minimum atomic E-state index is -1.38. The third-order valence-corrected chi connectivity index (χ3v) is 5.48. The van der Waals surface area contributed by atoms with Gasteiger partial charge in [0.1, 0.15) is 27.2 Å². The molecule has 0 spiro atoms. The van der Waals surface area contributed by atoms with Gasteiger partial charge in [-0.1, -0.05) is 18.2 Å². The minimum absolute atomic E-state index is 0.0513. The number of aliphatic hydroxyl groups is 1. The molecule has 1 heterocycles. The summed E-state index contributed by atoms with van der Waals surface area (Å²) in [6.07, 6.45) is -0.661. The molecule has 0 fully saturated rings. The van der Waals surface area contributed by atoms with E-state index in [1.807, 2.05) is 34.6 Å². The smallest absolute Gasteiger partial charge is 0.357 e. The summed E-state index contributed by atoms with van der Waals surface area (Å²) >= 11 is -0.183. The molecule has 1 aromatic heterocycles. The van der Waals surface area contributed by atoms with Crippen molar-refractivity contribution < 1.29 is 19.2 Å². The highest BCUT2D eigenvalue weighted by Gasteiger charge is 2.29. The Morgan fingerprint density at radius 3 is 2.62 bits per heavy atom. The zero-order valence-corrected chi connectivity index (χ0v) is 16.7. The van der Waals surface area contributed by atoms with E-state index in [0.29, 0.717) is 10.7 Å². The number of aliphatic hydroxyl groups excluding tert-OH is 1. The van der Waals surface area contributed by atoms with E-state index in [4.69, 9.17) is 4.74 Å². The maximum Gasteiger partial charge on any atom is 0.357 e. The van der Waals surface area contributed by atoms with Crippen molar-refractivity contribution in [3.05, 3.63) is 16.1 Å². The van der Waals surface area contributed by atoms with Crippen molar-refractivity contribution in [2.45, 2.75) is 58.8 Å². The predicted molar refractivity (Wildman–Crippen MR) is 97.8 cm³/mol. The van der Waals surface area contributed by atoms with Crippen LogP contribution in [0.1, 0.15) is 69.6 Å². The van der Waals surface area contributed by atoms with Crippen molar-refractivity contribution in [3.63, 3.8) is 0 Å². The lowest BCUT2D eigenvalue weighted by molar-refractivity contribution is 0.0519. The molecule has 0 radical (unpaired) electrons. The maximum atomic E-state index is 12.2. The lowest BCUT2D eigenvalue weighted by Crippen LogP contribution is -2.28. The van der Waals surface area contributed by atoms with E-state index in [1.54, 1.807) is 12.3 Å². The van der Waals surface area contributed by atoms with Gasteiger partial charge in [-0.15, -0.1) is 11.3 Å². The lowest BCUT2D eigenvalue weighted by Gasteiger charge is -2.21. The highest BCUT2D eigenvalue weighted by molar-refractivity contribution is 7.91. The Bertz CT molecular complexity index is 579. The van der Waals surface area contributed by atoms with Crippen LogP contribution in [0.2, 0.25) is 0 Å². The average molecular weight is 375 g/mol. The first kappa shape index (κ1) is 21.1. The van der Waals surface area contributed by atoms with Gasteiger partial charge in [0.2, 0.25) is 0 Å². The molecular weight excluding hydrogens is 348 g/mol. The van der Waals surface area contributed by atoms with Crippen molar-refractivity contribution >= 4 is 34.4 Å². The first-order valence-electron chi connectivity index (χ1n) is 7.86. The van der Waals surface area contributed by atoms with E-state index in [2.05, 4.69) is 9.38 Å². The summed E-state index contributed by atoms with van der Waals surface area (Å²) in [6.45, 7) is 11.4. The van der Waals surface area contributed by atoms with Gasteiger partial charge in [0, 0.05) is 11.8 Å². The van der Waals surface area contributed by atoms with Crippen LogP contribution >= 0.6 is 11.3 Å². The van der Waals surface area contributed by atoms with E-state index < -0.39 is 28.2 Å². The molecule has 8 heteroatoms. The third-order valence-electron chi connectivity index (χ3n) is 3.08. The van der Waals surface area contributed by atoms with E-state index in [9.17, 15) is 14.5 Å². The number of hydrogen-bond acceptors (Lipinski definition) is 7. The van der Waals surface area contributed by atoms with Crippen molar-refractivity contribution in [1.29, 1.82) is 0 Å². The van der Waals surface area contributed by atoms with Gasteiger partial charge in [-0.3, -0.25) is 0 Å². The monoisotopic (exact) mass is 374 g/mol. The van der Waals surface area contributed by atoms with Crippen LogP contribution in [0.4, 0.5) is 0 Å². The second kappa shape index (κ2) is 8.94. The van der Waals surface area contributed by atoms with Crippen LogP contribution in [-0.4, -0.2) is 37.7 Å². The van der Waals surface area contributed by atoms with Gasteiger partial charge >= 0.3 is 5.97 Å². The summed E-state index contributed by atoms with van der Waals surface area (Å²) in [7, 11) is 0. The quantitative estimate of drug-likeness (QED) is 0.449. The molecule has 0 aliphatic carbocycles. The zero-order chi connectivity index (χ0) is 18.5. The fourth-order valence-corrected chi connectivity index (χ4v) is 3.19. The minimum Gasteiger partial charge on any atom is -0.591 e. The number of carbonyl (C=O) groups excluding carboxylic acids is 1. The number of esters is 1. The Kier molecular flexibility index (Phi) is 7.85. The molecule has 0 amide bonds. The molecule has 2 atom stereocenters. The number of rotatable bonds is 7. The van der Waals surface area contributed by atoms with Crippen LogP contribution in [-0.2, 0) is 16.1 Å². The molecule has 0 aliphatic heterocycles. The van der Waals surface area contributed by atoms with Gasteiger partial charge in [-0.05, 0) is 33.6 Å². The number of aromatic nitrogens is 1. The van der Waals surface area contributed by atoms with E-state index in [-0.39, 0.29) is 24.6 Å². The second-order valence-corrected chi connectivity index (χ2v) is 9.41. The van der Waals surface area contributed by atoms with Crippen molar-refractivity contribution in [1.82, 2.24) is 4.98 Å². The topological polar surface area (TPSA) is 94.8 Å². The number of thiazole rings is 1. The van der Waals surface area contributed by atoms with Gasteiger partial charge in [-0.25, -0.2) is 9.78 Å². The fourth-order valence-electron chi connectivity index (χ4n) is 1.65. The van der Waals surface area contributed by atoms with Gasteiger partial charge < -0.3 is 14.4 Å². The normalized spacial score (nSPS) is 15.5. The highest BCUT2D eigenvalue weighted by atomic mass is 32.2. The molecule has 1 aromatic rings. The molecule has 136 valence electrons. The molecule has 6 nitrogen and oxygen atoms in total. The van der Waals surface area contributed by atoms with Crippen molar-refractivity contribution in [2.75, 3.05) is 6.61 Å². The van der Waals surface area contributed by atoms with Crippen LogP contribution < -0.4 is 0 Å². The summed E-state index contributed by atoms with van der Waals surface area (Å²) in [5.41, 5.74) is 0.862. The summed E-state index contributed by atoms with van der Waals surface area (Å²) in [6, 6.07) is 0. The van der Waals surface area contributed by atoms with Crippen molar-refractivity contribution in [3.8, 4) is 0 Å². The number of hydrogen-bond donors (Lipinski definition) is 1. The highest BCUT2D eigenvalue weighted by Crippen LogP contribution is 2.25. The first-order valence-corrected chi connectivity index (χ1v) is 9.85. The van der Waals surface area contributed by atoms with Crippen LogP contribution in [0, 0.1) is 5.92 Å². The Labute approximate surface area is 150 Å². The molecule has 0 bridgehead atoms. The molecule has 0 aromatic carbocycles. The molecule has 0 saturated heterocycles. The molecule has 24 heavy (non-hydrogen) atoms. The molecule has 0 unspecified atom stereocenters. The third kappa shape index (κ3) is 6.16. The van der Waals surface area contributed by atoms with Crippen LogP contribution in [0.3, 0.4) is 0 Å². The number of nitrogens with zero attached hydrogens (tertiary/aromatic N) is 2. The van der Waals surface area contributed by atoms with Gasteiger partial charge in [0.15, 0.2) is 5.69 Å². The first-order chi connectivity index (χ1) is 11.1. The summed E-state index contributed by atoms with van der Waals surface area (Å²) in [4.78, 5) is 15.8. The maximum absolute atomic E-state index is 12.2. The van der Waals surface area contributed by atoms with Gasteiger partial charge in [0.25, 0.3) is 0 Å². The lowest BCUT2D eigenvalue weighted by atomic mass is 10.0. The SMILES string of the molecule is CCOC(=O)c1csc([C@H](O)C/C(=N\[S@@+]([O-])C(C)(C)C)C(C)C)n1. The zero-order valence-electron chi connectivity index (χ0n) is 15.0. The Balaban J connectivity index is 2.88. The van der Waals surface area contributed by atoms with E-state index in [1.165, 1.54) is 11.3 Å². The van der Waals surface area contributed by atoms with Crippen molar-refractivity contribution in [2.24, 2.45) is 10.3 Å². The van der Waals surface area contributed by atoms with Gasteiger partial charge in [0.05, 0.1) is 12.3 Å². The average Bonchev–Trinajstić information content (AvgIpc) is 2.95. The molecule has 0 saturated carbocycles.